The lowest BCUT2D eigenvalue weighted by Gasteiger charge is -2.16. The van der Waals surface area contributed by atoms with Crippen molar-refractivity contribution in [3.8, 4) is 5.75 Å². The summed E-state index contributed by atoms with van der Waals surface area (Å²) in [5.41, 5.74) is 3.52. The molecule has 2 aromatic carbocycles. The van der Waals surface area contributed by atoms with Crippen LogP contribution < -0.4 is 15.4 Å². The van der Waals surface area contributed by atoms with Crippen molar-refractivity contribution < 1.29 is 14.3 Å². The SMILES string of the molecule is CCc1cccc(CC)c1NC(=O)CC(=O)Nc1ccccc1OC(C)C. The van der Waals surface area contributed by atoms with Crippen molar-refractivity contribution >= 4 is 23.2 Å². The minimum Gasteiger partial charge on any atom is -0.489 e. The lowest BCUT2D eigenvalue weighted by molar-refractivity contribution is -0.123. The summed E-state index contributed by atoms with van der Waals surface area (Å²) in [6.07, 6.45) is 1.37. The molecule has 0 heterocycles. The Kier molecular flexibility index (Phi) is 7.41. The minimum atomic E-state index is -0.376. The van der Waals surface area contributed by atoms with E-state index in [1.165, 1.54) is 0 Å². The van der Waals surface area contributed by atoms with Crippen molar-refractivity contribution in [2.75, 3.05) is 10.6 Å². The fourth-order valence-electron chi connectivity index (χ4n) is 2.85. The molecule has 0 unspecified atom stereocenters. The predicted molar refractivity (Wildman–Crippen MR) is 109 cm³/mol. The van der Waals surface area contributed by atoms with Gasteiger partial charge in [-0.25, -0.2) is 0 Å². The second-order valence-electron chi connectivity index (χ2n) is 6.59. The quantitative estimate of drug-likeness (QED) is 0.671. The van der Waals surface area contributed by atoms with Crippen LogP contribution in [0.1, 0.15) is 45.2 Å². The van der Waals surface area contributed by atoms with Crippen molar-refractivity contribution in [1.29, 1.82) is 0 Å². The molecular formula is C22H28N2O3. The van der Waals surface area contributed by atoms with Gasteiger partial charge in [0.1, 0.15) is 12.2 Å². The first-order valence-corrected chi connectivity index (χ1v) is 9.40. The van der Waals surface area contributed by atoms with Crippen LogP contribution in [0.2, 0.25) is 0 Å². The number of benzene rings is 2. The molecule has 2 rings (SSSR count). The molecule has 0 atom stereocenters. The molecule has 27 heavy (non-hydrogen) atoms. The summed E-state index contributed by atoms with van der Waals surface area (Å²) in [7, 11) is 0. The Bertz CT molecular complexity index is 778. The first-order valence-electron chi connectivity index (χ1n) is 9.40. The van der Waals surface area contributed by atoms with Crippen LogP contribution in [0.4, 0.5) is 11.4 Å². The molecule has 0 aliphatic rings. The zero-order valence-corrected chi connectivity index (χ0v) is 16.5. The van der Waals surface area contributed by atoms with E-state index in [9.17, 15) is 9.59 Å². The number of nitrogens with one attached hydrogen (secondary N) is 2. The second kappa shape index (κ2) is 9.76. The molecule has 0 aliphatic carbocycles. The van der Waals surface area contributed by atoms with Gasteiger partial charge in [0.25, 0.3) is 0 Å². The van der Waals surface area contributed by atoms with Gasteiger partial charge >= 0.3 is 0 Å². The maximum absolute atomic E-state index is 12.4. The lowest BCUT2D eigenvalue weighted by atomic mass is 10.0. The fraction of sp³-hybridized carbons (Fsp3) is 0.364. The summed E-state index contributed by atoms with van der Waals surface area (Å²) in [5.74, 6) is -0.115. The molecule has 0 saturated carbocycles. The summed E-state index contributed by atoms with van der Waals surface area (Å²) < 4.78 is 5.69. The zero-order valence-electron chi connectivity index (χ0n) is 16.5. The first kappa shape index (κ1) is 20.5. The standard InChI is InChI=1S/C22H28N2O3/c1-5-16-10-9-11-17(6-2)22(16)24-21(26)14-20(25)23-18-12-7-8-13-19(18)27-15(3)4/h7-13,15H,5-6,14H2,1-4H3,(H,23,25)(H,24,26). The average Bonchev–Trinajstić information content (AvgIpc) is 2.63. The third-order valence-electron chi connectivity index (χ3n) is 4.11. The average molecular weight is 368 g/mol. The number of carbonyl (C=O) groups excluding carboxylic acids is 2. The van der Waals surface area contributed by atoms with Crippen LogP contribution in [0.3, 0.4) is 0 Å². The van der Waals surface area contributed by atoms with Crippen molar-refractivity contribution in [1.82, 2.24) is 0 Å². The van der Waals surface area contributed by atoms with Gasteiger partial charge in [0.2, 0.25) is 11.8 Å². The summed E-state index contributed by atoms with van der Waals surface area (Å²) in [4.78, 5) is 24.7. The van der Waals surface area contributed by atoms with Crippen LogP contribution in [-0.4, -0.2) is 17.9 Å². The third kappa shape index (κ3) is 5.84. The van der Waals surface area contributed by atoms with Crippen LogP contribution >= 0.6 is 0 Å². The van der Waals surface area contributed by atoms with E-state index in [1.54, 1.807) is 12.1 Å². The molecule has 2 amide bonds. The Labute approximate surface area is 161 Å². The number of hydrogen-bond acceptors (Lipinski definition) is 3. The summed E-state index contributed by atoms with van der Waals surface area (Å²) in [6.45, 7) is 7.93. The number of rotatable bonds is 8. The highest BCUT2D eigenvalue weighted by Gasteiger charge is 2.15. The van der Waals surface area contributed by atoms with E-state index in [1.807, 2.05) is 58.0 Å². The maximum Gasteiger partial charge on any atom is 0.233 e. The Morgan fingerprint density at radius 1 is 0.889 bits per heavy atom. The number of aryl methyl sites for hydroxylation is 2. The Morgan fingerprint density at radius 2 is 1.48 bits per heavy atom. The zero-order chi connectivity index (χ0) is 19.8. The van der Waals surface area contributed by atoms with E-state index in [-0.39, 0.29) is 24.3 Å². The predicted octanol–water partition coefficient (Wildman–Crippen LogP) is 4.57. The Morgan fingerprint density at radius 3 is 2.07 bits per heavy atom. The number of para-hydroxylation sites is 3. The number of ether oxygens (including phenoxy) is 1. The highest BCUT2D eigenvalue weighted by atomic mass is 16.5. The third-order valence-corrected chi connectivity index (χ3v) is 4.11. The monoisotopic (exact) mass is 368 g/mol. The van der Waals surface area contributed by atoms with Crippen LogP contribution in [0.5, 0.6) is 5.75 Å². The molecule has 0 bridgehead atoms. The van der Waals surface area contributed by atoms with Gasteiger partial charge in [0.05, 0.1) is 11.8 Å². The topological polar surface area (TPSA) is 67.4 Å². The number of anilines is 2. The van der Waals surface area contributed by atoms with Gasteiger partial charge in [-0.1, -0.05) is 44.2 Å². The van der Waals surface area contributed by atoms with Gasteiger partial charge in [-0.15, -0.1) is 0 Å². The van der Waals surface area contributed by atoms with E-state index in [2.05, 4.69) is 10.6 Å². The molecule has 144 valence electrons. The van der Waals surface area contributed by atoms with Gasteiger partial charge in [0.15, 0.2) is 0 Å². The molecule has 5 heteroatoms. The van der Waals surface area contributed by atoms with Gasteiger partial charge in [0, 0.05) is 5.69 Å². The maximum atomic E-state index is 12.4. The molecular weight excluding hydrogens is 340 g/mol. The van der Waals surface area contributed by atoms with Crippen LogP contribution in [0.25, 0.3) is 0 Å². The first-order chi connectivity index (χ1) is 12.9. The van der Waals surface area contributed by atoms with Gasteiger partial charge < -0.3 is 15.4 Å². The molecule has 0 saturated heterocycles. The normalized spacial score (nSPS) is 10.6. The molecule has 2 aromatic rings. The summed E-state index contributed by atoms with van der Waals surface area (Å²) >= 11 is 0. The highest BCUT2D eigenvalue weighted by molar-refractivity contribution is 6.08. The number of carbonyl (C=O) groups is 2. The Hall–Kier alpha value is -2.82. The van der Waals surface area contributed by atoms with Crippen molar-refractivity contribution in [3.63, 3.8) is 0 Å². The Balaban J connectivity index is 2.04. The largest absolute Gasteiger partial charge is 0.489 e. The van der Waals surface area contributed by atoms with E-state index in [0.29, 0.717) is 11.4 Å². The fourth-order valence-corrected chi connectivity index (χ4v) is 2.85. The van der Waals surface area contributed by atoms with Crippen LogP contribution in [-0.2, 0) is 22.4 Å². The molecule has 0 aliphatic heterocycles. The molecule has 0 fully saturated rings. The van der Waals surface area contributed by atoms with Crippen molar-refractivity contribution in [2.24, 2.45) is 0 Å². The summed E-state index contributed by atoms with van der Waals surface area (Å²) in [5, 5.41) is 5.68. The van der Waals surface area contributed by atoms with E-state index in [4.69, 9.17) is 4.74 Å². The van der Waals surface area contributed by atoms with E-state index < -0.39 is 0 Å². The van der Waals surface area contributed by atoms with Crippen LogP contribution in [0.15, 0.2) is 42.5 Å². The van der Waals surface area contributed by atoms with Gasteiger partial charge in [-0.3, -0.25) is 9.59 Å². The summed E-state index contributed by atoms with van der Waals surface area (Å²) in [6, 6.07) is 13.2. The minimum absolute atomic E-state index is 0.00985. The lowest BCUT2D eigenvalue weighted by Crippen LogP contribution is -2.23. The molecule has 0 spiro atoms. The molecule has 0 radical (unpaired) electrons. The second-order valence-corrected chi connectivity index (χ2v) is 6.59. The number of amides is 2. The van der Waals surface area contributed by atoms with Gasteiger partial charge in [-0.2, -0.15) is 0 Å². The molecule has 0 aromatic heterocycles. The highest BCUT2D eigenvalue weighted by Crippen LogP contribution is 2.25. The van der Waals surface area contributed by atoms with Gasteiger partial charge in [-0.05, 0) is 49.9 Å². The number of hydrogen-bond donors (Lipinski definition) is 2. The van der Waals surface area contributed by atoms with Crippen LogP contribution in [0, 0.1) is 0 Å². The smallest absolute Gasteiger partial charge is 0.233 e. The van der Waals surface area contributed by atoms with Crippen molar-refractivity contribution in [3.05, 3.63) is 53.6 Å². The van der Waals surface area contributed by atoms with E-state index >= 15 is 0 Å². The van der Waals surface area contributed by atoms with E-state index in [0.717, 1.165) is 29.7 Å². The molecule has 2 N–H and O–H groups in total. The van der Waals surface area contributed by atoms with Crippen molar-refractivity contribution in [2.45, 2.75) is 53.1 Å². The molecule has 5 nitrogen and oxygen atoms in total.